The average molecular weight is 630 g/mol. The number of hydrogen-bond donors (Lipinski definition) is 0. The van der Waals surface area contributed by atoms with Gasteiger partial charge in [0.25, 0.3) is 0 Å². The fourth-order valence-electron chi connectivity index (χ4n) is 8.44. The molecule has 4 heteroatoms. The van der Waals surface area contributed by atoms with Crippen molar-refractivity contribution in [2.75, 3.05) is 0 Å². The highest BCUT2D eigenvalue weighted by Crippen LogP contribution is 2.58. The van der Waals surface area contributed by atoms with Crippen molar-refractivity contribution >= 4 is 59.0 Å². The van der Waals surface area contributed by atoms with Gasteiger partial charge in [0.2, 0.25) is 0 Å². The second kappa shape index (κ2) is 9.54. The Morgan fingerprint density at radius 3 is 2.06 bits per heavy atom. The minimum Gasteiger partial charge on any atom is -0.291 e. The van der Waals surface area contributed by atoms with E-state index in [9.17, 15) is 0 Å². The second-order valence-corrected chi connectivity index (χ2v) is 13.8. The molecule has 224 valence electrons. The van der Waals surface area contributed by atoms with Gasteiger partial charge in [-0.2, -0.15) is 0 Å². The number of hydrogen-bond acceptors (Lipinski definition) is 2. The minimum absolute atomic E-state index is 0.449. The predicted octanol–water partition coefficient (Wildman–Crippen LogP) is 11.2. The van der Waals surface area contributed by atoms with Crippen LogP contribution in [-0.2, 0) is 5.41 Å². The Morgan fingerprint density at radius 2 is 1.23 bits per heavy atom. The van der Waals surface area contributed by atoms with Gasteiger partial charge in [0.15, 0.2) is 5.82 Å². The molecule has 4 aromatic heterocycles. The van der Waals surface area contributed by atoms with Crippen molar-refractivity contribution in [3.05, 3.63) is 186 Å². The molecule has 0 saturated carbocycles. The van der Waals surface area contributed by atoms with Crippen LogP contribution in [0.3, 0.4) is 0 Å². The van der Waals surface area contributed by atoms with Crippen molar-refractivity contribution in [2.45, 2.75) is 5.41 Å². The molecule has 4 heterocycles. The zero-order chi connectivity index (χ0) is 31.4. The van der Waals surface area contributed by atoms with E-state index in [4.69, 9.17) is 5.10 Å². The lowest BCUT2D eigenvalue weighted by Crippen LogP contribution is -2.28. The van der Waals surface area contributed by atoms with Gasteiger partial charge in [-0.25, -0.2) is 4.52 Å². The van der Waals surface area contributed by atoms with Gasteiger partial charge in [0.1, 0.15) is 0 Å². The van der Waals surface area contributed by atoms with Crippen LogP contribution in [0.1, 0.15) is 22.3 Å². The van der Waals surface area contributed by atoms with E-state index in [1.807, 2.05) is 11.3 Å². The van der Waals surface area contributed by atoms with E-state index in [1.54, 1.807) is 0 Å². The lowest BCUT2D eigenvalue weighted by atomic mass is 9.67. The molecule has 0 spiro atoms. The molecule has 0 radical (unpaired) electrons. The molecule has 0 N–H and O–H groups in total. The topological polar surface area (TPSA) is 22.2 Å². The third-order valence-corrected chi connectivity index (χ3v) is 11.6. The van der Waals surface area contributed by atoms with Gasteiger partial charge in [-0.05, 0) is 63.7 Å². The summed E-state index contributed by atoms with van der Waals surface area (Å²) in [4.78, 5) is 0. The summed E-state index contributed by atoms with van der Waals surface area (Å²) in [7, 11) is 0. The average Bonchev–Trinajstić information content (AvgIpc) is 3.90. The summed E-state index contributed by atoms with van der Waals surface area (Å²) < 4.78 is 7.09. The number of benzene rings is 6. The maximum absolute atomic E-state index is 5.32. The summed E-state index contributed by atoms with van der Waals surface area (Å²) in [6, 6.07) is 59.9. The van der Waals surface area contributed by atoms with E-state index in [0.29, 0.717) is 0 Å². The molecule has 10 aromatic rings. The first-order valence-corrected chi connectivity index (χ1v) is 17.2. The third-order valence-electron chi connectivity index (χ3n) is 10.4. The normalized spacial score (nSPS) is 13.6. The van der Waals surface area contributed by atoms with Crippen molar-refractivity contribution in [3.8, 4) is 16.9 Å². The molecule has 11 rings (SSSR count). The molecule has 3 nitrogen and oxygen atoms in total. The summed E-state index contributed by atoms with van der Waals surface area (Å²) in [6.45, 7) is 0. The minimum atomic E-state index is -0.449. The van der Waals surface area contributed by atoms with Crippen molar-refractivity contribution in [1.82, 2.24) is 14.2 Å². The summed E-state index contributed by atoms with van der Waals surface area (Å²) in [6.07, 6.45) is 0. The Hall–Kier alpha value is -5.97. The van der Waals surface area contributed by atoms with Crippen LogP contribution in [0.25, 0.3) is 64.6 Å². The number of aromatic nitrogens is 3. The van der Waals surface area contributed by atoms with Crippen LogP contribution in [0.15, 0.2) is 164 Å². The molecule has 1 aliphatic carbocycles. The molecule has 6 aromatic carbocycles. The van der Waals surface area contributed by atoms with Gasteiger partial charge in [0.05, 0.1) is 32.2 Å². The highest BCUT2D eigenvalue weighted by Gasteiger charge is 2.46. The van der Waals surface area contributed by atoms with Gasteiger partial charge >= 0.3 is 0 Å². The first-order valence-electron chi connectivity index (χ1n) is 16.4. The SMILES string of the molecule is c1ccc(C2(c3ccccc3)c3ccccc3-c3cc4c(cc32)c2sc3ccccc3c2n4-c2cc3ccc4ccccc4n3n2)cc1. The van der Waals surface area contributed by atoms with Crippen LogP contribution in [0.4, 0.5) is 0 Å². The number of pyridine rings is 1. The molecule has 0 saturated heterocycles. The summed E-state index contributed by atoms with van der Waals surface area (Å²) in [5.74, 6) is 0.929. The molecule has 0 fully saturated rings. The number of thiophene rings is 1. The van der Waals surface area contributed by atoms with E-state index < -0.39 is 5.41 Å². The Morgan fingerprint density at radius 1 is 0.521 bits per heavy atom. The van der Waals surface area contributed by atoms with E-state index >= 15 is 0 Å². The molecule has 48 heavy (non-hydrogen) atoms. The quantitative estimate of drug-likeness (QED) is 0.191. The Balaban J connectivity index is 1.31. The molecule has 0 aliphatic heterocycles. The van der Waals surface area contributed by atoms with Crippen LogP contribution < -0.4 is 0 Å². The molecule has 0 amide bonds. The van der Waals surface area contributed by atoms with E-state index in [-0.39, 0.29) is 0 Å². The van der Waals surface area contributed by atoms with E-state index in [1.165, 1.54) is 70.0 Å². The van der Waals surface area contributed by atoms with Gasteiger partial charge in [-0.3, -0.25) is 4.57 Å². The van der Waals surface area contributed by atoms with Crippen LogP contribution in [0, 0.1) is 0 Å². The number of para-hydroxylation sites is 1. The lowest BCUT2D eigenvalue weighted by molar-refractivity contribution is 0.769. The number of rotatable bonds is 3. The summed E-state index contributed by atoms with van der Waals surface area (Å²) in [5.41, 5.74) is 11.9. The Kier molecular flexibility index (Phi) is 5.19. The van der Waals surface area contributed by atoms with Crippen LogP contribution in [-0.4, -0.2) is 14.2 Å². The van der Waals surface area contributed by atoms with Crippen LogP contribution in [0.2, 0.25) is 0 Å². The maximum Gasteiger partial charge on any atom is 0.160 e. The fraction of sp³-hybridized carbons (Fsp3) is 0.0227. The zero-order valence-electron chi connectivity index (χ0n) is 25.8. The number of fused-ring (bicyclic) bond motifs is 11. The summed E-state index contributed by atoms with van der Waals surface area (Å²) in [5, 5.41) is 9.01. The van der Waals surface area contributed by atoms with Gasteiger partial charge in [-0.1, -0.05) is 127 Å². The van der Waals surface area contributed by atoms with Crippen LogP contribution >= 0.6 is 11.3 Å². The molecule has 1 aliphatic rings. The van der Waals surface area contributed by atoms with Gasteiger partial charge in [-0.15, -0.1) is 16.4 Å². The van der Waals surface area contributed by atoms with Crippen molar-refractivity contribution in [3.63, 3.8) is 0 Å². The molecular weight excluding hydrogens is 603 g/mol. The Labute approximate surface area is 280 Å². The first-order chi connectivity index (χ1) is 23.8. The number of nitrogens with zero attached hydrogens (tertiary/aromatic N) is 3. The largest absolute Gasteiger partial charge is 0.291 e. The Bertz CT molecular complexity index is 2850. The first kappa shape index (κ1) is 26.1. The van der Waals surface area contributed by atoms with E-state index in [0.717, 1.165) is 16.9 Å². The maximum atomic E-state index is 5.32. The molecule has 0 unspecified atom stereocenters. The third kappa shape index (κ3) is 3.30. The van der Waals surface area contributed by atoms with Gasteiger partial charge < -0.3 is 0 Å². The fourth-order valence-corrected chi connectivity index (χ4v) is 9.65. The van der Waals surface area contributed by atoms with Crippen LogP contribution in [0.5, 0.6) is 0 Å². The highest BCUT2D eigenvalue weighted by atomic mass is 32.1. The standard InChI is InChI=1S/C44H27N3S/c1-3-14-29(15-4-1)44(30-16-5-2-6-17-30)36-20-10-8-18-32(36)34-27-39-35(26-37(34)44)43-42(33-19-9-12-22-40(33)48-43)46(39)41-25-31-24-23-28-13-7-11-21-38(28)47(31)45-41/h1-27H. The van der Waals surface area contributed by atoms with Crippen molar-refractivity contribution < 1.29 is 0 Å². The van der Waals surface area contributed by atoms with Crippen molar-refractivity contribution in [1.29, 1.82) is 0 Å². The highest BCUT2D eigenvalue weighted by molar-refractivity contribution is 7.26. The summed E-state index contributed by atoms with van der Waals surface area (Å²) >= 11 is 1.88. The lowest BCUT2D eigenvalue weighted by Gasteiger charge is -2.33. The molecule has 0 bridgehead atoms. The molecular formula is C44H27N3S. The smallest absolute Gasteiger partial charge is 0.160 e. The second-order valence-electron chi connectivity index (χ2n) is 12.8. The zero-order valence-corrected chi connectivity index (χ0v) is 26.7. The predicted molar refractivity (Wildman–Crippen MR) is 200 cm³/mol. The van der Waals surface area contributed by atoms with Crippen molar-refractivity contribution in [2.24, 2.45) is 0 Å². The monoisotopic (exact) mass is 629 g/mol. The van der Waals surface area contributed by atoms with E-state index in [2.05, 4.69) is 173 Å². The molecule has 0 atom stereocenters. The van der Waals surface area contributed by atoms with Gasteiger partial charge in [0, 0.05) is 26.9 Å².